The lowest BCUT2D eigenvalue weighted by Gasteiger charge is -2.25. The van der Waals surface area contributed by atoms with Crippen LogP contribution in [0, 0.1) is 11.8 Å². The number of hydrogen-bond donors (Lipinski definition) is 2. The van der Waals surface area contributed by atoms with Crippen molar-refractivity contribution in [3.8, 4) is 17.6 Å². The van der Waals surface area contributed by atoms with Crippen LogP contribution in [0.2, 0.25) is 0 Å². The van der Waals surface area contributed by atoms with E-state index in [-0.39, 0.29) is 22.8 Å². The molecule has 0 saturated carbocycles. The molecule has 1 atom stereocenters. The van der Waals surface area contributed by atoms with E-state index in [1.807, 2.05) is 0 Å². The number of amides is 1. The molecule has 1 amide bonds. The lowest BCUT2D eigenvalue weighted by molar-refractivity contribution is -0.143. The Labute approximate surface area is 186 Å². The van der Waals surface area contributed by atoms with Crippen molar-refractivity contribution < 1.29 is 32.2 Å². The number of nitrogens with two attached hydrogens (primary N) is 1. The fourth-order valence-electron chi connectivity index (χ4n) is 2.70. The minimum atomic E-state index is -4.54. The molecule has 0 aliphatic carbocycles. The molecular formula is C22H24N2O7S. The lowest BCUT2D eigenvalue weighted by atomic mass is 10.2. The van der Waals surface area contributed by atoms with Gasteiger partial charge in [-0.05, 0) is 36.4 Å². The maximum Gasteiger partial charge on any atom is 0.343 e. The van der Waals surface area contributed by atoms with Gasteiger partial charge in [0.15, 0.2) is 0 Å². The highest BCUT2D eigenvalue weighted by Gasteiger charge is 2.49. The van der Waals surface area contributed by atoms with Gasteiger partial charge in [0.2, 0.25) is 14.7 Å². The molecular weight excluding hydrogens is 436 g/mol. The Kier molecular flexibility index (Phi) is 8.37. The molecule has 0 fully saturated rings. The van der Waals surface area contributed by atoms with E-state index in [2.05, 4.69) is 21.9 Å². The molecule has 10 heteroatoms. The van der Waals surface area contributed by atoms with Crippen LogP contribution in [0.25, 0.3) is 0 Å². The number of carbonyl (C=O) groups excluding carboxylic acids is 2. The van der Waals surface area contributed by atoms with Gasteiger partial charge in [-0.1, -0.05) is 24.0 Å². The summed E-state index contributed by atoms with van der Waals surface area (Å²) in [7, 11) is -0.600. The molecule has 0 saturated heterocycles. The standard InChI is InChI=1S/C22H24N2O7S/c1-29-15-7-6-14-22(23,21(26)31-3)32(27,28)19-9-5-4-8-18(19)24-20(25)16-10-12-17(30-2)13-11-16/h4-5,8-13H,14-15,23H2,1-3H3,(H,24,25). The summed E-state index contributed by atoms with van der Waals surface area (Å²) < 4.78 is 41.4. The molecule has 0 aliphatic heterocycles. The summed E-state index contributed by atoms with van der Waals surface area (Å²) in [6.07, 6.45) is -0.536. The Morgan fingerprint density at radius 1 is 1.03 bits per heavy atom. The van der Waals surface area contributed by atoms with Crippen LogP contribution in [0.15, 0.2) is 53.4 Å². The van der Waals surface area contributed by atoms with E-state index in [0.717, 1.165) is 7.11 Å². The third-order valence-electron chi connectivity index (χ3n) is 4.48. The van der Waals surface area contributed by atoms with Gasteiger partial charge in [0.05, 0.1) is 31.2 Å². The van der Waals surface area contributed by atoms with Crippen LogP contribution in [-0.2, 0) is 24.1 Å². The molecule has 0 aromatic heterocycles. The van der Waals surface area contributed by atoms with E-state index in [0.29, 0.717) is 5.75 Å². The van der Waals surface area contributed by atoms with Gasteiger partial charge in [-0.25, -0.2) is 13.2 Å². The van der Waals surface area contributed by atoms with Gasteiger partial charge >= 0.3 is 5.97 Å². The van der Waals surface area contributed by atoms with E-state index >= 15 is 0 Å². The predicted molar refractivity (Wildman–Crippen MR) is 118 cm³/mol. The second-order valence-corrected chi connectivity index (χ2v) is 8.70. The highest BCUT2D eigenvalue weighted by Crippen LogP contribution is 2.31. The zero-order valence-electron chi connectivity index (χ0n) is 17.9. The molecule has 2 aromatic carbocycles. The van der Waals surface area contributed by atoms with Gasteiger partial charge in [-0.15, -0.1) is 0 Å². The van der Waals surface area contributed by atoms with E-state index in [1.165, 1.54) is 50.6 Å². The van der Waals surface area contributed by atoms with Crippen molar-refractivity contribution >= 4 is 27.4 Å². The van der Waals surface area contributed by atoms with Crippen molar-refractivity contribution in [2.24, 2.45) is 5.73 Å². The second kappa shape index (κ2) is 10.8. The fraction of sp³-hybridized carbons (Fsp3) is 0.273. The molecule has 2 aromatic rings. The number of esters is 1. The van der Waals surface area contributed by atoms with Gasteiger partial charge in [-0.2, -0.15) is 0 Å². The first-order valence-electron chi connectivity index (χ1n) is 9.32. The Bertz CT molecular complexity index is 1130. The summed E-state index contributed by atoms with van der Waals surface area (Å²) in [5.41, 5.74) is 6.28. The molecule has 0 heterocycles. The zero-order valence-corrected chi connectivity index (χ0v) is 18.7. The first-order chi connectivity index (χ1) is 15.2. The number of para-hydroxylation sites is 1. The van der Waals surface area contributed by atoms with Gasteiger partial charge in [0, 0.05) is 12.7 Å². The Balaban J connectivity index is 2.45. The molecule has 9 nitrogen and oxygen atoms in total. The van der Waals surface area contributed by atoms with Crippen molar-refractivity contribution in [2.75, 3.05) is 33.3 Å². The zero-order chi connectivity index (χ0) is 23.8. The molecule has 0 aliphatic rings. The number of hydrogen-bond acceptors (Lipinski definition) is 8. The third-order valence-corrected chi connectivity index (χ3v) is 6.69. The number of nitrogens with one attached hydrogen (secondary N) is 1. The summed E-state index contributed by atoms with van der Waals surface area (Å²) in [6, 6.07) is 11.9. The van der Waals surface area contributed by atoms with E-state index in [1.54, 1.807) is 12.1 Å². The molecule has 32 heavy (non-hydrogen) atoms. The maximum atomic E-state index is 13.4. The van der Waals surface area contributed by atoms with E-state index in [9.17, 15) is 18.0 Å². The van der Waals surface area contributed by atoms with Crippen molar-refractivity contribution in [3.63, 3.8) is 0 Å². The van der Waals surface area contributed by atoms with Crippen LogP contribution in [0.5, 0.6) is 5.75 Å². The third kappa shape index (κ3) is 5.26. The van der Waals surface area contributed by atoms with Crippen molar-refractivity contribution in [1.82, 2.24) is 0 Å². The van der Waals surface area contributed by atoms with Crippen LogP contribution < -0.4 is 15.8 Å². The molecule has 1 unspecified atom stereocenters. The summed E-state index contributed by atoms with van der Waals surface area (Å²) in [6.45, 7) is 0.0335. The summed E-state index contributed by atoms with van der Waals surface area (Å²) in [5.74, 6) is 3.92. The predicted octanol–water partition coefficient (Wildman–Crippen LogP) is 1.59. The average Bonchev–Trinajstić information content (AvgIpc) is 2.81. The minimum absolute atomic E-state index is 0.0335. The Morgan fingerprint density at radius 3 is 2.28 bits per heavy atom. The average molecular weight is 461 g/mol. The maximum absolute atomic E-state index is 13.4. The highest BCUT2D eigenvalue weighted by molar-refractivity contribution is 7.93. The number of ether oxygens (including phenoxy) is 3. The summed E-state index contributed by atoms with van der Waals surface area (Å²) in [4.78, 5) is 22.2. The Hall–Kier alpha value is -3.39. The first-order valence-corrected chi connectivity index (χ1v) is 10.8. The monoisotopic (exact) mass is 460 g/mol. The number of carbonyl (C=O) groups is 2. The SMILES string of the molecule is COCC#CCC(N)(C(=O)OC)S(=O)(=O)c1ccccc1NC(=O)c1ccc(OC)cc1. The molecule has 0 radical (unpaired) electrons. The number of anilines is 1. The van der Waals surface area contributed by atoms with Crippen LogP contribution in [0.3, 0.4) is 0 Å². The molecule has 170 valence electrons. The van der Waals surface area contributed by atoms with Crippen LogP contribution >= 0.6 is 0 Å². The quantitative estimate of drug-likeness (QED) is 0.448. The number of methoxy groups -OCH3 is 3. The van der Waals surface area contributed by atoms with Crippen molar-refractivity contribution in [1.29, 1.82) is 0 Å². The van der Waals surface area contributed by atoms with E-state index in [4.69, 9.17) is 15.2 Å². The van der Waals surface area contributed by atoms with Crippen LogP contribution in [-0.4, -0.2) is 53.1 Å². The fourth-order valence-corrected chi connectivity index (χ4v) is 4.33. The Morgan fingerprint density at radius 2 is 1.69 bits per heavy atom. The van der Waals surface area contributed by atoms with Gasteiger partial charge in [0.1, 0.15) is 12.4 Å². The minimum Gasteiger partial charge on any atom is -0.497 e. The molecule has 0 spiro atoms. The summed E-state index contributed by atoms with van der Waals surface area (Å²) in [5, 5.41) is 2.55. The van der Waals surface area contributed by atoms with Crippen LogP contribution in [0.4, 0.5) is 5.69 Å². The van der Waals surface area contributed by atoms with E-state index < -0.39 is 33.0 Å². The highest BCUT2D eigenvalue weighted by atomic mass is 32.2. The number of sulfone groups is 1. The van der Waals surface area contributed by atoms with Crippen LogP contribution in [0.1, 0.15) is 16.8 Å². The number of benzene rings is 2. The topological polar surface area (TPSA) is 134 Å². The molecule has 2 rings (SSSR count). The molecule has 0 bridgehead atoms. The van der Waals surface area contributed by atoms with Crippen molar-refractivity contribution in [2.45, 2.75) is 16.2 Å². The van der Waals surface area contributed by atoms with Gasteiger partial charge in [0.25, 0.3) is 5.91 Å². The smallest absolute Gasteiger partial charge is 0.343 e. The largest absolute Gasteiger partial charge is 0.497 e. The van der Waals surface area contributed by atoms with Gasteiger partial charge in [-0.3, -0.25) is 4.79 Å². The second-order valence-electron chi connectivity index (χ2n) is 6.53. The first kappa shape index (κ1) is 24.9. The normalized spacial score (nSPS) is 12.6. The summed E-state index contributed by atoms with van der Waals surface area (Å²) >= 11 is 0. The van der Waals surface area contributed by atoms with Crippen molar-refractivity contribution in [3.05, 3.63) is 54.1 Å². The number of rotatable bonds is 8. The molecule has 3 N–H and O–H groups in total. The van der Waals surface area contributed by atoms with Gasteiger partial charge < -0.3 is 25.3 Å². The lowest BCUT2D eigenvalue weighted by Crippen LogP contribution is -2.55.